The van der Waals surface area contributed by atoms with Gasteiger partial charge in [0.25, 0.3) is 0 Å². The van der Waals surface area contributed by atoms with Crippen molar-refractivity contribution in [2.45, 2.75) is 40.0 Å². The highest BCUT2D eigenvalue weighted by Gasteiger charge is 2.02. The van der Waals surface area contributed by atoms with Crippen molar-refractivity contribution in [2.75, 3.05) is 19.7 Å². The molecule has 0 aliphatic heterocycles. The number of nitrogens with one attached hydrogen (secondary N) is 1. The maximum absolute atomic E-state index is 11.1. The lowest BCUT2D eigenvalue weighted by Crippen LogP contribution is -2.26. The first-order valence-corrected chi connectivity index (χ1v) is 5.53. The van der Waals surface area contributed by atoms with Gasteiger partial charge >= 0.3 is 5.97 Å². The van der Waals surface area contributed by atoms with Crippen molar-refractivity contribution < 1.29 is 9.53 Å². The fourth-order valence-electron chi connectivity index (χ4n) is 1.00. The fourth-order valence-corrected chi connectivity index (χ4v) is 1.00. The summed E-state index contributed by atoms with van der Waals surface area (Å²) < 4.78 is 5.01. The van der Waals surface area contributed by atoms with Gasteiger partial charge in [-0.05, 0) is 18.9 Å². The molecule has 0 aliphatic carbocycles. The lowest BCUT2D eigenvalue weighted by Gasteiger charge is -2.07. The molecule has 0 unspecified atom stereocenters. The molecule has 0 radical (unpaired) electrons. The standard InChI is InChI=1S/C11H23NO2/c1-4-5-6-7-12-8-11(13)14-9-10(2)3/h10,12H,4-9H2,1-3H3. The maximum Gasteiger partial charge on any atom is 0.319 e. The lowest BCUT2D eigenvalue weighted by molar-refractivity contribution is -0.143. The summed E-state index contributed by atoms with van der Waals surface area (Å²) in [6.07, 6.45) is 3.56. The summed E-state index contributed by atoms with van der Waals surface area (Å²) in [6.45, 7) is 8.00. The predicted octanol–water partition coefficient (Wildman–Crippen LogP) is 1.97. The molecule has 0 rings (SSSR count). The third-order valence-corrected chi connectivity index (χ3v) is 1.80. The summed E-state index contributed by atoms with van der Waals surface area (Å²) in [5.41, 5.74) is 0. The highest BCUT2D eigenvalue weighted by molar-refractivity contribution is 5.71. The minimum Gasteiger partial charge on any atom is -0.464 e. The molecule has 3 heteroatoms. The Morgan fingerprint density at radius 1 is 1.36 bits per heavy atom. The Balaban J connectivity index is 3.18. The van der Waals surface area contributed by atoms with Crippen LogP contribution >= 0.6 is 0 Å². The zero-order valence-electron chi connectivity index (χ0n) is 9.64. The van der Waals surface area contributed by atoms with Crippen LogP contribution in [0, 0.1) is 5.92 Å². The molecule has 1 N–H and O–H groups in total. The molecule has 0 aromatic heterocycles. The number of carbonyl (C=O) groups is 1. The van der Waals surface area contributed by atoms with E-state index in [1.165, 1.54) is 12.8 Å². The quantitative estimate of drug-likeness (QED) is 0.482. The van der Waals surface area contributed by atoms with Crippen LogP contribution in [0.5, 0.6) is 0 Å². The topological polar surface area (TPSA) is 38.3 Å². The molecular weight excluding hydrogens is 178 g/mol. The summed E-state index contributed by atoms with van der Waals surface area (Å²) in [5, 5.41) is 3.07. The molecule has 0 fully saturated rings. The van der Waals surface area contributed by atoms with Crippen LogP contribution in [-0.2, 0) is 9.53 Å². The number of hydrogen-bond donors (Lipinski definition) is 1. The Labute approximate surface area is 87.2 Å². The summed E-state index contributed by atoms with van der Waals surface area (Å²) in [4.78, 5) is 11.1. The van der Waals surface area contributed by atoms with E-state index < -0.39 is 0 Å². The van der Waals surface area contributed by atoms with E-state index in [0.717, 1.165) is 13.0 Å². The molecule has 0 saturated carbocycles. The number of unbranched alkanes of at least 4 members (excludes halogenated alkanes) is 2. The Kier molecular flexibility index (Phi) is 8.64. The first-order chi connectivity index (χ1) is 6.66. The minimum absolute atomic E-state index is 0.143. The van der Waals surface area contributed by atoms with Gasteiger partial charge < -0.3 is 10.1 Å². The second-order valence-electron chi connectivity index (χ2n) is 3.96. The molecule has 3 nitrogen and oxygen atoms in total. The van der Waals surface area contributed by atoms with Crippen molar-refractivity contribution in [1.29, 1.82) is 0 Å². The summed E-state index contributed by atoms with van der Waals surface area (Å²) in [6, 6.07) is 0. The molecule has 0 aromatic rings. The van der Waals surface area contributed by atoms with Gasteiger partial charge in [0.2, 0.25) is 0 Å². The number of carbonyl (C=O) groups excluding carboxylic acids is 1. The van der Waals surface area contributed by atoms with Crippen molar-refractivity contribution in [3.8, 4) is 0 Å². The van der Waals surface area contributed by atoms with Gasteiger partial charge in [0.1, 0.15) is 0 Å². The van der Waals surface area contributed by atoms with Gasteiger partial charge in [-0.25, -0.2) is 0 Å². The first-order valence-electron chi connectivity index (χ1n) is 5.53. The Bertz CT molecular complexity index is 146. The molecular formula is C11H23NO2. The number of rotatable bonds is 8. The molecule has 0 heterocycles. The van der Waals surface area contributed by atoms with E-state index in [0.29, 0.717) is 19.1 Å². The zero-order chi connectivity index (χ0) is 10.8. The predicted molar refractivity (Wildman–Crippen MR) is 58.2 cm³/mol. The normalized spacial score (nSPS) is 10.6. The van der Waals surface area contributed by atoms with Crippen LogP contribution in [0.25, 0.3) is 0 Å². The third kappa shape index (κ3) is 9.52. The van der Waals surface area contributed by atoms with E-state index in [-0.39, 0.29) is 5.97 Å². The van der Waals surface area contributed by atoms with Gasteiger partial charge in [0, 0.05) is 0 Å². The molecule has 14 heavy (non-hydrogen) atoms. The molecule has 0 bridgehead atoms. The molecule has 0 amide bonds. The SMILES string of the molecule is CCCCCNCC(=O)OCC(C)C. The van der Waals surface area contributed by atoms with Gasteiger partial charge in [-0.1, -0.05) is 33.6 Å². The van der Waals surface area contributed by atoms with E-state index in [2.05, 4.69) is 12.2 Å². The molecule has 0 spiro atoms. The summed E-state index contributed by atoms with van der Waals surface area (Å²) >= 11 is 0. The average molecular weight is 201 g/mol. The first kappa shape index (κ1) is 13.4. The Morgan fingerprint density at radius 2 is 2.07 bits per heavy atom. The van der Waals surface area contributed by atoms with Crippen LogP contribution in [0.4, 0.5) is 0 Å². The van der Waals surface area contributed by atoms with E-state index in [1.54, 1.807) is 0 Å². The maximum atomic E-state index is 11.1. The molecule has 84 valence electrons. The largest absolute Gasteiger partial charge is 0.464 e. The average Bonchev–Trinajstić information content (AvgIpc) is 2.14. The number of hydrogen-bond acceptors (Lipinski definition) is 3. The third-order valence-electron chi connectivity index (χ3n) is 1.80. The second kappa shape index (κ2) is 9.00. The monoisotopic (exact) mass is 201 g/mol. The van der Waals surface area contributed by atoms with Crippen LogP contribution in [0.3, 0.4) is 0 Å². The number of esters is 1. The minimum atomic E-state index is -0.143. The highest BCUT2D eigenvalue weighted by atomic mass is 16.5. The van der Waals surface area contributed by atoms with Crippen molar-refractivity contribution in [1.82, 2.24) is 5.32 Å². The van der Waals surface area contributed by atoms with Crippen LogP contribution in [0.15, 0.2) is 0 Å². The van der Waals surface area contributed by atoms with Gasteiger partial charge in [0.15, 0.2) is 0 Å². The van der Waals surface area contributed by atoms with Gasteiger partial charge in [-0.3, -0.25) is 4.79 Å². The highest BCUT2D eigenvalue weighted by Crippen LogP contribution is 1.93. The molecule has 0 aromatic carbocycles. The molecule has 0 saturated heterocycles. The molecule has 0 atom stereocenters. The van der Waals surface area contributed by atoms with Crippen molar-refractivity contribution in [3.63, 3.8) is 0 Å². The Morgan fingerprint density at radius 3 is 2.64 bits per heavy atom. The fraction of sp³-hybridized carbons (Fsp3) is 0.909. The van der Waals surface area contributed by atoms with Crippen LogP contribution in [-0.4, -0.2) is 25.7 Å². The van der Waals surface area contributed by atoms with Crippen LogP contribution in [0.1, 0.15) is 40.0 Å². The van der Waals surface area contributed by atoms with Crippen LogP contribution < -0.4 is 5.32 Å². The van der Waals surface area contributed by atoms with Gasteiger partial charge in [-0.2, -0.15) is 0 Å². The second-order valence-corrected chi connectivity index (χ2v) is 3.96. The summed E-state index contributed by atoms with van der Waals surface area (Å²) in [5.74, 6) is 0.272. The van der Waals surface area contributed by atoms with Gasteiger partial charge in [-0.15, -0.1) is 0 Å². The van der Waals surface area contributed by atoms with Gasteiger partial charge in [0.05, 0.1) is 13.2 Å². The van der Waals surface area contributed by atoms with E-state index in [1.807, 2.05) is 13.8 Å². The lowest BCUT2D eigenvalue weighted by atomic mass is 10.2. The Hall–Kier alpha value is -0.570. The van der Waals surface area contributed by atoms with Crippen LogP contribution in [0.2, 0.25) is 0 Å². The van der Waals surface area contributed by atoms with E-state index in [9.17, 15) is 4.79 Å². The smallest absolute Gasteiger partial charge is 0.319 e. The van der Waals surface area contributed by atoms with E-state index in [4.69, 9.17) is 4.74 Å². The van der Waals surface area contributed by atoms with Crippen molar-refractivity contribution in [2.24, 2.45) is 5.92 Å². The van der Waals surface area contributed by atoms with Crippen molar-refractivity contribution >= 4 is 5.97 Å². The molecule has 0 aliphatic rings. The number of ether oxygens (including phenoxy) is 1. The zero-order valence-corrected chi connectivity index (χ0v) is 9.64. The van der Waals surface area contributed by atoms with Crippen molar-refractivity contribution in [3.05, 3.63) is 0 Å². The van der Waals surface area contributed by atoms with E-state index >= 15 is 0 Å². The summed E-state index contributed by atoms with van der Waals surface area (Å²) in [7, 11) is 0.